The van der Waals surface area contributed by atoms with Gasteiger partial charge in [-0.25, -0.2) is 9.37 Å². The van der Waals surface area contributed by atoms with Gasteiger partial charge in [-0.1, -0.05) is 5.16 Å². The number of rotatable bonds is 4. The van der Waals surface area contributed by atoms with Gasteiger partial charge in [0, 0.05) is 19.0 Å². The Morgan fingerprint density at radius 2 is 2.19 bits per heavy atom. The normalized spacial score (nSPS) is 11.4. The Morgan fingerprint density at radius 1 is 1.38 bits per heavy atom. The van der Waals surface area contributed by atoms with Crippen molar-refractivity contribution < 1.29 is 8.91 Å². The van der Waals surface area contributed by atoms with Crippen LogP contribution in [0.15, 0.2) is 21.1 Å². The summed E-state index contributed by atoms with van der Waals surface area (Å²) in [4.78, 5) is 8.52. The van der Waals surface area contributed by atoms with Crippen molar-refractivity contribution in [3.63, 3.8) is 0 Å². The molecule has 0 amide bonds. The van der Waals surface area contributed by atoms with E-state index in [0.717, 1.165) is 5.52 Å². The Kier molecular flexibility index (Phi) is 3.95. The van der Waals surface area contributed by atoms with Crippen LogP contribution in [0.4, 0.5) is 4.39 Å². The van der Waals surface area contributed by atoms with Crippen molar-refractivity contribution in [3.8, 4) is 0 Å². The van der Waals surface area contributed by atoms with E-state index >= 15 is 0 Å². The first-order valence-corrected chi connectivity index (χ1v) is 7.60. The Hall–Kier alpha value is -1.47. The summed E-state index contributed by atoms with van der Waals surface area (Å²) in [6.07, 6.45) is 0.561. The second-order valence-corrected chi connectivity index (χ2v) is 5.68. The number of aromatic nitrogens is 4. The third-order valence-electron chi connectivity index (χ3n) is 3.11. The number of imidazole rings is 1. The molecule has 0 bridgehead atoms. The lowest BCUT2D eigenvalue weighted by atomic mass is 10.3. The van der Waals surface area contributed by atoms with Gasteiger partial charge in [0.2, 0.25) is 5.89 Å². The lowest BCUT2D eigenvalue weighted by Gasteiger charge is -2.06. The summed E-state index contributed by atoms with van der Waals surface area (Å²) in [6.45, 7) is 2.35. The van der Waals surface area contributed by atoms with Crippen LogP contribution in [0.2, 0.25) is 0 Å². The van der Waals surface area contributed by atoms with E-state index in [4.69, 9.17) is 16.1 Å². The van der Waals surface area contributed by atoms with Gasteiger partial charge in [0.25, 0.3) is 0 Å². The molecule has 0 saturated carbocycles. The van der Waals surface area contributed by atoms with Crippen LogP contribution in [0.5, 0.6) is 0 Å². The van der Waals surface area contributed by atoms with Gasteiger partial charge in [0.1, 0.15) is 11.6 Å². The van der Waals surface area contributed by atoms with E-state index in [1.165, 1.54) is 6.07 Å². The van der Waals surface area contributed by atoms with Crippen LogP contribution in [-0.2, 0) is 18.8 Å². The number of benzene rings is 1. The number of aryl methyl sites for hydroxylation is 3. The quantitative estimate of drug-likeness (QED) is 0.656. The lowest BCUT2D eigenvalue weighted by molar-refractivity contribution is 0.368. The molecule has 21 heavy (non-hydrogen) atoms. The van der Waals surface area contributed by atoms with Crippen molar-refractivity contribution in [2.45, 2.75) is 25.8 Å². The highest BCUT2D eigenvalue weighted by Crippen LogP contribution is 2.25. The molecule has 1 aromatic carbocycles. The highest BCUT2D eigenvalue weighted by atomic mass is 79.9. The van der Waals surface area contributed by atoms with Gasteiger partial charge in [-0.3, -0.25) is 0 Å². The van der Waals surface area contributed by atoms with Crippen LogP contribution in [0.3, 0.4) is 0 Å². The Balaban J connectivity index is 1.97. The summed E-state index contributed by atoms with van der Waals surface area (Å²) in [7, 11) is 0. The van der Waals surface area contributed by atoms with E-state index in [2.05, 4.69) is 31.1 Å². The Morgan fingerprint density at radius 3 is 2.86 bits per heavy atom. The first-order valence-electron chi connectivity index (χ1n) is 6.28. The van der Waals surface area contributed by atoms with Crippen molar-refractivity contribution in [1.29, 1.82) is 0 Å². The number of hydrogen-bond acceptors (Lipinski definition) is 4. The topological polar surface area (TPSA) is 56.7 Å². The maximum atomic E-state index is 13.6. The van der Waals surface area contributed by atoms with Gasteiger partial charge >= 0.3 is 0 Å². The minimum atomic E-state index is -0.346. The molecule has 0 aliphatic rings. The van der Waals surface area contributed by atoms with E-state index in [9.17, 15) is 4.39 Å². The Bertz CT molecular complexity index is 801. The first kappa shape index (κ1) is 14.5. The summed E-state index contributed by atoms with van der Waals surface area (Å²) in [5, 5.41) is 3.75. The molecule has 110 valence electrons. The van der Waals surface area contributed by atoms with Gasteiger partial charge in [0.05, 0.1) is 21.4 Å². The second kappa shape index (κ2) is 5.73. The van der Waals surface area contributed by atoms with Crippen molar-refractivity contribution in [2.24, 2.45) is 0 Å². The summed E-state index contributed by atoms with van der Waals surface area (Å²) in [6, 6.07) is 3.09. The van der Waals surface area contributed by atoms with Gasteiger partial charge in [-0.2, -0.15) is 4.98 Å². The molecule has 8 heteroatoms. The first-order chi connectivity index (χ1) is 10.1. The Labute approximate surface area is 133 Å². The number of halogens is 3. The highest BCUT2D eigenvalue weighted by Gasteiger charge is 2.14. The third-order valence-corrected chi connectivity index (χ3v) is 3.95. The molecule has 2 aromatic heterocycles. The largest absolute Gasteiger partial charge is 0.339 e. The predicted octanol–water partition coefficient (Wildman–Crippen LogP) is 3.61. The standard InChI is InChI=1S/C13H11BrClFN4O/c1-7-17-13(21-19-7)2-3-20-11-4-8(14)9(16)5-10(11)18-12(20)6-15/h4-5H,2-3,6H2,1H3. The average Bonchev–Trinajstić information content (AvgIpc) is 3.01. The monoisotopic (exact) mass is 372 g/mol. The van der Waals surface area contributed by atoms with Crippen LogP contribution >= 0.6 is 27.5 Å². The molecule has 0 aliphatic heterocycles. The van der Waals surface area contributed by atoms with E-state index in [0.29, 0.717) is 40.5 Å². The number of nitrogens with zero attached hydrogens (tertiary/aromatic N) is 4. The molecule has 0 aliphatic carbocycles. The van der Waals surface area contributed by atoms with E-state index in [1.807, 2.05) is 4.57 Å². The van der Waals surface area contributed by atoms with E-state index < -0.39 is 0 Å². The minimum Gasteiger partial charge on any atom is -0.339 e. The zero-order valence-corrected chi connectivity index (χ0v) is 13.4. The molecule has 5 nitrogen and oxygen atoms in total. The predicted molar refractivity (Wildman–Crippen MR) is 79.7 cm³/mol. The maximum absolute atomic E-state index is 13.6. The van der Waals surface area contributed by atoms with Crippen LogP contribution in [0.25, 0.3) is 11.0 Å². The average molecular weight is 374 g/mol. The SMILES string of the molecule is Cc1noc(CCn2c(CCl)nc3cc(F)c(Br)cc32)n1. The molecular weight excluding hydrogens is 363 g/mol. The van der Waals surface area contributed by atoms with Crippen LogP contribution in [-0.4, -0.2) is 19.7 Å². The molecule has 0 saturated heterocycles. The molecular formula is C13H11BrClFN4O. The zero-order valence-electron chi connectivity index (χ0n) is 11.1. The van der Waals surface area contributed by atoms with E-state index in [1.54, 1.807) is 13.0 Å². The maximum Gasteiger partial charge on any atom is 0.228 e. The smallest absolute Gasteiger partial charge is 0.228 e. The number of alkyl halides is 1. The molecule has 0 radical (unpaired) electrons. The second-order valence-electron chi connectivity index (χ2n) is 4.55. The zero-order chi connectivity index (χ0) is 15.0. The van der Waals surface area contributed by atoms with Crippen LogP contribution < -0.4 is 0 Å². The summed E-state index contributed by atoms with van der Waals surface area (Å²) < 4.78 is 21.0. The van der Waals surface area contributed by atoms with Gasteiger partial charge in [-0.05, 0) is 28.9 Å². The van der Waals surface area contributed by atoms with Crippen molar-refractivity contribution in [3.05, 3.63) is 40.0 Å². The lowest BCUT2D eigenvalue weighted by Crippen LogP contribution is -2.05. The molecule has 3 aromatic rings. The molecule has 2 heterocycles. The molecule has 0 fully saturated rings. The number of hydrogen-bond donors (Lipinski definition) is 0. The molecule has 0 spiro atoms. The van der Waals surface area contributed by atoms with Gasteiger partial charge in [0.15, 0.2) is 5.82 Å². The molecule has 3 rings (SSSR count). The summed E-state index contributed by atoms with van der Waals surface area (Å²) in [5.74, 6) is 1.73. The fourth-order valence-corrected chi connectivity index (χ4v) is 2.71. The summed E-state index contributed by atoms with van der Waals surface area (Å²) in [5.41, 5.74) is 1.39. The fourth-order valence-electron chi connectivity index (χ4n) is 2.17. The molecule has 0 N–H and O–H groups in total. The van der Waals surface area contributed by atoms with E-state index in [-0.39, 0.29) is 11.7 Å². The third kappa shape index (κ3) is 2.80. The highest BCUT2D eigenvalue weighted by molar-refractivity contribution is 9.10. The molecule has 0 unspecified atom stereocenters. The van der Waals surface area contributed by atoms with Crippen molar-refractivity contribution >= 4 is 38.6 Å². The van der Waals surface area contributed by atoms with Crippen molar-refractivity contribution in [2.75, 3.05) is 0 Å². The van der Waals surface area contributed by atoms with Crippen LogP contribution in [0.1, 0.15) is 17.5 Å². The minimum absolute atomic E-state index is 0.247. The fraction of sp³-hybridized carbons (Fsp3) is 0.308. The van der Waals surface area contributed by atoms with Crippen molar-refractivity contribution in [1.82, 2.24) is 19.7 Å². The number of fused-ring (bicyclic) bond motifs is 1. The van der Waals surface area contributed by atoms with Gasteiger partial charge in [-0.15, -0.1) is 11.6 Å². The van der Waals surface area contributed by atoms with Gasteiger partial charge < -0.3 is 9.09 Å². The van der Waals surface area contributed by atoms with Crippen LogP contribution in [0, 0.1) is 12.7 Å². The summed E-state index contributed by atoms with van der Waals surface area (Å²) >= 11 is 9.12. The molecule has 0 atom stereocenters.